The van der Waals surface area contributed by atoms with Gasteiger partial charge in [-0.25, -0.2) is 4.98 Å². The smallest absolute Gasteiger partial charge is 0.0897 e. The lowest BCUT2D eigenvalue weighted by molar-refractivity contribution is 0.268. The third-order valence-electron chi connectivity index (χ3n) is 2.86. The molecule has 0 saturated carbocycles. The van der Waals surface area contributed by atoms with Gasteiger partial charge in [-0.2, -0.15) is 0 Å². The first-order chi connectivity index (χ1) is 8.67. The van der Waals surface area contributed by atoms with Crippen molar-refractivity contribution in [1.29, 1.82) is 0 Å². The van der Waals surface area contributed by atoms with Crippen LogP contribution >= 0.6 is 11.3 Å². The summed E-state index contributed by atoms with van der Waals surface area (Å²) in [6, 6.07) is 8.08. The van der Waals surface area contributed by atoms with E-state index in [9.17, 15) is 0 Å². The Morgan fingerprint density at radius 2 is 2.17 bits per heavy atom. The maximum absolute atomic E-state index is 5.80. The van der Waals surface area contributed by atoms with Crippen LogP contribution in [0.2, 0.25) is 0 Å². The molecule has 0 aliphatic carbocycles. The van der Waals surface area contributed by atoms with E-state index in [4.69, 9.17) is 5.73 Å². The van der Waals surface area contributed by atoms with Crippen LogP contribution in [-0.4, -0.2) is 16.4 Å². The van der Waals surface area contributed by atoms with Crippen molar-refractivity contribution in [1.82, 2.24) is 9.88 Å². The van der Waals surface area contributed by atoms with Crippen molar-refractivity contribution in [3.05, 3.63) is 45.9 Å². The molecule has 0 amide bonds. The quantitative estimate of drug-likeness (QED) is 0.841. The zero-order chi connectivity index (χ0) is 13.0. The maximum atomic E-state index is 5.80. The summed E-state index contributed by atoms with van der Waals surface area (Å²) >= 11 is 1.71. The first-order valence-corrected chi connectivity index (χ1v) is 7.03. The number of aryl methyl sites for hydroxylation is 1. The number of hydrogen-bond donors (Lipinski definition) is 1. The minimum absolute atomic E-state index is 0.827. The van der Waals surface area contributed by atoms with E-state index in [2.05, 4.69) is 28.3 Å². The Hall–Kier alpha value is -1.39. The van der Waals surface area contributed by atoms with Crippen LogP contribution in [0.4, 0.5) is 5.69 Å². The molecule has 1 aromatic carbocycles. The van der Waals surface area contributed by atoms with Gasteiger partial charge in [-0.15, -0.1) is 11.3 Å². The Morgan fingerprint density at radius 3 is 2.78 bits per heavy atom. The largest absolute Gasteiger partial charge is 0.399 e. The second kappa shape index (κ2) is 5.98. The second-order valence-electron chi connectivity index (χ2n) is 4.41. The second-order valence-corrected chi connectivity index (χ2v) is 5.47. The number of nitrogens with two attached hydrogens (primary N) is 1. The summed E-state index contributed by atoms with van der Waals surface area (Å²) in [6.07, 6.45) is 0. The molecule has 0 radical (unpaired) electrons. The number of hydrogen-bond acceptors (Lipinski definition) is 4. The molecule has 96 valence electrons. The number of aromatic nitrogens is 1. The molecule has 0 spiro atoms. The van der Waals surface area contributed by atoms with Crippen LogP contribution < -0.4 is 5.73 Å². The van der Waals surface area contributed by atoms with Gasteiger partial charge in [-0.05, 0) is 31.2 Å². The molecule has 0 atom stereocenters. The molecule has 0 unspecified atom stereocenters. The monoisotopic (exact) mass is 261 g/mol. The standard InChI is InChI=1S/C14H19N3S/c1-3-17(9-14-10-18-11(2)16-14)8-12-5-4-6-13(15)7-12/h4-7,10H,3,8-9,15H2,1-2H3. The molecule has 2 N–H and O–H groups in total. The number of anilines is 1. The van der Waals surface area contributed by atoms with Crippen molar-refractivity contribution in [2.75, 3.05) is 12.3 Å². The molecule has 0 aliphatic rings. The van der Waals surface area contributed by atoms with E-state index in [1.54, 1.807) is 11.3 Å². The zero-order valence-corrected chi connectivity index (χ0v) is 11.7. The third-order valence-corrected chi connectivity index (χ3v) is 3.68. The van der Waals surface area contributed by atoms with Gasteiger partial charge in [-0.3, -0.25) is 4.90 Å². The summed E-state index contributed by atoms with van der Waals surface area (Å²) in [5, 5.41) is 3.27. The summed E-state index contributed by atoms with van der Waals surface area (Å²) in [6.45, 7) is 7.03. The van der Waals surface area contributed by atoms with Gasteiger partial charge in [-0.1, -0.05) is 19.1 Å². The number of rotatable bonds is 5. The van der Waals surface area contributed by atoms with Gasteiger partial charge in [0.05, 0.1) is 10.7 Å². The fourth-order valence-electron chi connectivity index (χ4n) is 1.94. The van der Waals surface area contributed by atoms with E-state index in [0.29, 0.717) is 0 Å². The van der Waals surface area contributed by atoms with Gasteiger partial charge in [0.2, 0.25) is 0 Å². The molecule has 3 nitrogen and oxygen atoms in total. The fourth-order valence-corrected chi connectivity index (χ4v) is 2.54. The number of thiazole rings is 1. The van der Waals surface area contributed by atoms with E-state index in [1.807, 2.05) is 25.1 Å². The van der Waals surface area contributed by atoms with Crippen LogP contribution in [0.1, 0.15) is 23.2 Å². The predicted molar refractivity (Wildman–Crippen MR) is 77.5 cm³/mol. The highest BCUT2D eigenvalue weighted by Crippen LogP contribution is 2.14. The van der Waals surface area contributed by atoms with E-state index in [-0.39, 0.29) is 0 Å². The lowest BCUT2D eigenvalue weighted by atomic mass is 10.2. The molecule has 4 heteroatoms. The van der Waals surface area contributed by atoms with E-state index < -0.39 is 0 Å². The van der Waals surface area contributed by atoms with Gasteiger partial charge in [0.1, 0.15) is 0 Å². The van der Waals surface area contributed by atoms with Crippen molar-refractivity contribution in [3.63, 3.8) is 0 Å². The summed E-state index contributed by atoms with van der Waals surface area (Å²) in [5.74, 6) is 0. The van der Waals surface area contributed by atoms with Crippen molar-refractivity contribution in [3.8, 4) is 0 Å². The molecule has 0 fully saturated rings. The average molecular weight is 261 g/mol. The summed E-state index contributed by atoms with van der Waals surface area (Å²) < 4.78 is 0. The number of nitrogens with zero attached hydrogens (tertiary/aromatic N) is 2. The van der Waals surface area contributed by atoms with Gasteiger partial charge in [0, 0.05) is 24.2 Å². The minimum atomic E-state index is 0.827. The SMILES string of the molecule is CCN(Cc1cccc(N)c1)Cc1csc(C)n1. The van der Waals surface area contributed by atoms with Gasteiger partial charge < -0.3 is 5.73 Å². The summed E-state index contributed by atoms with van der Waals surface area (Å²) in [5.41, 5.74) is 9.04. The molecule has 1 aromatic heterocycles. The highest BCUT2D eigenvalue weighted by Gasteiger charge is 2.07. The van der Waals surface area contributed by atoms with Gasteiger partial charge in [0.15, 0.2) is 0 Å². The number of benzene rings is 1. The Kier molecular flexibility index (Phi) is 4.33. The maximum Gasteiger partial charge on any atom is 0.0897 e. The topological polar surface area (TPSA) is 42.1 Å². The van der Waals surface area contributed by atoms with Crippen LogP contribution in [0, 0.1) is 6.92 Å². The Labute approximate surface area is 112 Å². The lowest BCUT2D eigenvalue weighted by Crippen LogP contribution is -2.22. The first-order valence-electron chi connectivity index (χ1n) is 6.15. The molecule has 2 aromatic rings. The lowest BCUT2D eigenvalue weighted by Gasteiger charge is -2.19. The molecule has 2 rings (SSSR count). The Morgan fingerprint density at radius 1 is 1.33 bits per heavy atom. The van der Waals surface area contributed by atoms with Crippen LogP contribution in [0.3, 0.4) is 0 Å². The highest BCUT2D eigenvalue weighted by molar-refractivity contribution is 7.09. The third kappa shape index (κ3) is 3.55. The van der Waals surface area contributed by atoms with E-state index in [0.717, 1.165) is 36.0 Å². The van der Waals surface area contributed by atoms with E-state index >= 15 is 0 Å². The van der Waals surface area contributed by atoms with E-state index in [1.165, 1.54) is 5.56 Å². The highest BCUT2D eigenvalue weighted by atomic mass is 32.1. The van der Waals surface area contributed by atoms with Crippen molar-refractivity contribution in [2.24, 2.45) is 0 Å². The number of nitrogen functional groups attached to an aromatic ring is 1. The van der Waals surface area contributed by atoms with Crippen LogP contribution in [0.5, 0.6) is 0 Å². The fraction of sp³-hybridized carbons (Fsp3) is 0.357. The molecule has 0 saturated heterocycles. The normalized spacial score (nSPS) is 11.1. The van der Waals surface area contributed by atoms with Crippen molar-refractivity contribution >= 4 is 17.0 Å². The van der Waals surface area contributed by atoms with Crippen LogP contribution in [0.25, 0.3) is 0 Å². The molecular formula is C14H19N3S. The van der Waals surface area contributed by atoms with Crippen LogP contribution in [-0.2, 0) is 13.1 Å². The first kappa shape index (κ1) is 13.1. The summed E-state index contributed by atoms with van der Waals surface area (Å²) in [7, 11) is 0. The molecule has 0 bridgehead atoms. The Bertz CT molecular complexity index is 507. The molecule has 0 aliphatic heterocycles. The minimum Gasteiger partial charge on any atom is -0.399 e. The molecular weight excluding hydrogens is 242 g/mol. The summed E-state index contributed by atoms with van der Waals surface area (Å²) in [4.78, 5) is 6.87. The molecule has 18 heavy (non-hydrogen) atoms. The molecule has 1 heterocycles. The van der Waals surface area contributed by atoms with Crippen molar-refractivity contribution < 1.29 is 0 Å². The zero-order valence-electron chi connectivity index (χ0n) is 10.9. The van der Waals surface area contributed by atoms with Crippen LogP contribution in [0.15, 0.2) is 29.6 Å². The van der Waals surface area contributed by atoms with Gasteiger partial charge in [0.25, 0.3) is 0 Å². The average Bonchev–Trinajstić information content (AvgIpc) is 2.74. The predicted octanol–water partition coefficient (Wildman–Crippen LogP) is 3.06. The van der Waals surface area contributed by atoms with Crippen molar-refractivity contribution in [2.45, 2.75) is 26.9 Å². The van der Waals surface area contributed by atoms with Gasteiger partial charge >= 0.3 is 0 Å². The Balaban J connectivity index is 2.01.